The Bertz CT molecular complexity index is 1060. The molecule has 1 amide bonds. The molecule has 1 aliphatic carbocycles. The normalized spacial score (nSPS) is 18.7. The zero-order valence-corrected chi connectivity index (χ0v) is 15.2. The van der Waals surface area contributed by atoms with Gasteiger partial charge in [-0.15, -0.1) is 0 Å². The minimum atomic E-state index is -0.357. The molecule has 0 N–H and O–H groups in total. The van der Waals surface area contributed by atoms with Crippen LogP contribution in [0.1, 0.15) is 23.5 Å². The summed E-state index contributed by atoms with van der Waals surface area (Å²) in [5, 5.41) is 0.916. The molecule has 0 spiro atoms. The van der Waals surface area contributed by atoms with E-state index in [1.807, 2.05) is 43.3 Å². The van der Waals surface area contributed by atoms with Crippen LogP contribution in [0.25, 0.3) is 22.1 Å². The number of amides is 1. The van der Waals surface area contributed by atoms with Crippen molar-refractivity contribution < 1.29 is 9.21 Å². The van der Waals surface area contributed by atoms with Crippen LogP contribution >= 0.6 is 0 Å². The van der Waals surface area contributed by atoms with E-state index in [4.69, 9.17) is 4.42 Å². The number of aryl methyl sites for hydroxylation is 1. The van der Waals surface area contributed by atoms with E-state index in [0.717, 1.165) is 34.1 Å². The Morgan fingerprint density at radius 3 is 2.58 bits per heavy atom. The summed E-state index contributed by atoms with van der Waals surface area (Å²) in [6.07, 6.45) is 0.851. The molecule has 1 aromatic heterocycles. The molecule has 132 valence electrons. The smallest absolute Gasteiger partial charge is 0.336 e. The number of hydrogen-bond acceptors (Lipinski definition) is 3. The van der Waals surface area contributed by atoms with Gasteiger partial charge in [-0.2, -0.15) is 0 Å². The molecular formula is C22H21NO3. The van der Waals surface area contributed by atoms with E-state index in [1.165, 1.54) is 0 Å². The van der Waals surface area contributed by atoms with Crippen LogP contribution in [0, 0.1) is 12.8 Å². The van der Waals surface area contributed by atoms with Crippen molar-refractivity contribution >= 4 is 16.9 Å². The number of fused-ring (bicyclic) bond motifs is 1. The van der Waals surface area contributed by atoms with Gasteiger partial charge in [0.1, 0.15) is 5.58 Å². The van der Waals surface area contributed by atoms with E-state index < -0.39 is 0 Å². The number of nitrogens with zero attached hydrogens (tertiary/aromatic N) is 1. The SMILES string of the molecule is Cc1ccccc1-c1cc(=O)oc2cc([C@H]3C[C@@H]3C(=O)N(C)C)ccc12. The number of hydrogen-bond donors (Lipinski definition) is 0. The Labute approximate surface area is 152 Å². The predicted molar refractivity (Wildman–Crippen MR) is 102 cm³/mol. The molecule has 1 aliphatic rings. The van der Waals surface area contributed by atoms with Crippen LogP contribution in [0.4, 0.5) is 0 Å². The first-order valence-corrected chi connectivity index (χ1v) is 8.80. The van der Waals surface area contributed by atoms with Crippen molar-refractivity contribution in [2.45, 2.75) is 19.3 Å². The second-order valence-electron chi connectivity index (χ2n) is 7.23. The quantitative estimate of drug-likeness (QED) is 0.674. The Kier molecular flexibility index (Phi) is 3.91. The van der Waals surface area contributed by atoms with Gasteiger partial charge < -0.3 is 9.32 Å². The molecule has 1 heterocycles. The maximum absolute atomic E-state index is 12.1. The van der Waals surface area contributed by atoms with Crippen molar-refractivity contribution in [3.05, 3.63) is 70.1 Å². The van der Waals surface area contributed by atoms with Crippen LogP contribution in [-0.2, 0) is 4.79 Å². The van der Waals surface area contributed by atoms with E-state index in [2.05, 4.69) is 6.07 Å². The number of benzene rings is 2. The van der Waals surface area contributed by atoms with Gasteiger partial charge >= 0.3 is 5.63 Å². The summed E-state index contributed by atoms with van der Waals surface area (Å²) >= 11 is 0. The van der Waals surface area contributed by atoms with Gasteiger partial charge in [0.2, 0.25) is 5.91 Å². The van der Waals surface area contributed by atoms with Crippen molar-refractivity contribution in [2.75, 3.05) is 14.1 Å². The molecule has 0 bridgehead atoms. The second-order valence-corrected chi connectivity index (χ2v) is 7.23. The molecule has 0 unspecified atom stereocenters. The average molecular weight is 347 g/mol. The first-order valence-electron chi connectivity index (χ1n) is 8.80. The van der Waals surface area contributed by atoms with Gasteiger partial charge in [0.15, 0.2) is 0 Å². The van der Waals surface area contributed by atoms with Crippen LogP contribution in [-0.4, -0.2) is 24.9 Å². The predicted octanol–water partition coefficient (Wildman–Crippen LogP) is 3.96. The molecule has 0 radical (unpaired) electrons. The minimum absolute atomic E-state index is 0.0359. The Morgan fingerprint density at radius 1 is 1.08 bits per heavy atom. The van der Waals surface area contributed by atoms with Crippen LogP contribution in [0.5, 0.6) is 0 Å². The Morgan fingerprint density at radius 2 is 1.85 bits per heavy atom. The largest absolute Gasteiger partial charge is 0.423 e. The van der Waals surface area contributed by atoms with Gasteiger partial charge in [-0.3, -0.25) is 4.79 Å². The van der Waals surface area contributed by atoms with Gasteiger partial charge in [-0.1, -0.05) is 36.4 Å². The lowest BCUT2D eigenvalue weighted by molar-refractivity contribution is -0.130. The first kappa shape index (κ1) is 16.6. The molecule has 4 nitrogen and oxygen atoms in total. The molecule has 1 saturated carbocycles. The Balaban J connectivity index is 1.78. The van der Waals surface area contributed by atoms with Crippen molar-refractivity contribution in [1.29, 1.82) is 0 Å². The fourth-order valence-electron chi connectivity index (χ4n) is 3.68. The molecule has 4 heteroatoms. The minimum Gasteiger partial charge on any atom is -0.423 e. The monoisotopic (exact) mass is 347 g/mol. The van der Waals surface area contributed by atoms with E-state index in [-0.39, 0.29) is 23.4 Å². The molecule has 2 aromatic carbocycles. The Hall–Kier alpha value is -2.88. The van der Waals surface area contributed by atoms with Crippen LogP contribution < -0.4 is 5.63 Å². The highest BCUT2D eigenvalue weighted by molar-refractivity contribution is 5.94. The van der Waals surface area contributed by atoms with Gasteiger partial charge in [-0.25, -0.2) is 4.79 Å². The topological polar surface area (TPSA) is 50.5 Å². The molecule has 0 aliphatic heterocycles. The van der Waals surface area contributed by atoms with E-state index in [0.29, 0.717) is 5.58 Å². The van der Waals surface area contributed by atoms with Crippen LogP contribution in [0.3, 0.4) is 0 Å². The summed E-state index contributed by atoms with van der Waals surface area (Å²) in [6, 6.07) is 15.5. The lowest BCUT2D eigenvalue weighted by Gasteiger charge is -2.11. The summed E-state index contributed by atoms with van der Waals surface area (Å²) in [4.78, 5) is 25.9. The third-order valence-electron chi connectivity index (χ3n) is 5.18. The standard InChI is InChI=1S/C22H21NO3/c1-13-6-4-5-7-15(13)18-12-21(24)26-20-10-14(8-9-16(18)20)17-11-19(17)22(25)23(2)3/h4-10,12,17,19H,11H2,1-3H3/t17-,19+/m1/s1. The van der Waals surface area contributed by atoms with Crippen LogP contribution in [0.15, 0.2) is 57.7 Å². The van der Waals surface area contributed by atoms with Crippen molar-refractivity contribution in [1.82, 2.24) is 4.90 Å². The highest BCUT2D eigenvalue weighted by atomic mass is 16.4. The maximum atomic E-state index is 12.1. The lowest BCUT2D eigenvalue weighted by Crippen LogP contribution is -2.23. The third kappa shape index (κ3) is 2.81. The first-order chi connectivity index (χ1) is 12.5. The van der Waals surface area contributed by atoms with E-state index >= 15 is 0 Å². The lowest BCUT2D eigenvalue weighted by atomic mass is 9.96. The van der Waals surface area contributed by atoms with Crippen molar-refractivity contribution in [2.24, 2.45) is 5.92 Å². The molecule has 0 saturated heterocycles. The molecule has 4 rings (SSSR count). The summed E-state index contributed by atoms with van der Waals surface area (Å²) in [7, 11) is 3.57. The number of carbonyl (C=O) groups is 1. The molecule has 2 atom stereocenters. The van der Waals surface area contributed by atoms with Crippen molar-refractivity contribution in [3.63, 3.8) is 0 Å². The second kappa shape index (κ2) is 6.13. The summed E-state index contributed by atoms with van der Waals surface area (Å²) in [5.41, 5.74) is 4.31. The highest BCUT2D eigenvalue weighted by Gasteiger charge is 2.44. The fraction of sp³-hybridized carbons (Fsp3) is 0.273. The average Bonchev–Trinajstić information content (AvgIpc) is 3.41. The van der Waals surface area contributed by atoms with Gasteiger partial charge in [0, 0.05) is 37.0 Å². The summed E-state index contributed by atoms with van der Waals surface area (Å²) < 4.78 is 5.47. The zero-order valence-electron chi connectivity index (χ0n) is 15.2. The molecule has 26 heavy (non-hydrogen) atoms. The molecule has 1 fully saturated rings. The molecular weight excluding hydrogens is 326 g/mol. The summed E-state index contributed by atoms with van der Waals surface area (Å²) in [5.74, 6) is 0.403. The molecule has 3 aromatic rings. The van der Waals surface area contributed by atoms with Gasteiger partial charge in [0.05, 0.1) is 0 Å². The van der Waals surface area contributed by atoms with E-state index in [1.54, 1.807) is 25.1 Å². The fourth-order valence-corrected chi connectivity index (χ4v) is 3.68. The number of carbonyl (C=O) groups excluding carboxylic acids is 1. The highest BCUT2D eigenvalue weighted by Crippen LogP contribution is 2.49. The number of rotatable bonds is 3. The van der Waals surface area contributed by atoms with E-state index in [9.17, 15) is 9.59 Å². The van der Waals surface area contributed by atoms with Gasteiger partial charge in [-0.05, 0) is 42.0 Å². The van der Waals surface area contributed by atoms with Crippen LogP contribution in [0.2, 0.25) is 0 Å². The van der Waals surface area contributed by atoms with Gasteiger partial charge in [0.25, 0.3) is 0 Å². The third-order valence-corrected chi connectivity index (χ3v) is 5.18. The zero-order chi connectivity index (χ0) is 18.4. The van der Waals surface area contributed by atoms with Crippen molar-refractivity contribution in [3.8, 4) is 11.1 Å². The summed E-state index contributed by atoms with van der Waals surface area (Å²) in [6.45, 7) is 2.03. The maximum Gasteiger partial charge on any atom is 0.336 e.